The molecular weight excluding hydrogens is 267 g/mol. The maximum absolute atomic E-state index is 15.1. The summed E-state index contributed by atoms with van der Waals surface area (Å²) in [6, 6.07) is 0. The zero-order chi connectivity index (χ0) is 14.9. The quantitative estimate of drug-likeness (QED) is 0.751. The average molecular weight is 298 g/mol. The van der Waals surface area contributed by atoms with Gasteiger partial charge in [-0.05, 0) is 71.6 Å². The zero-order valence-electron chi connectivity index (χ0n) is 13.7. The molecule has 3 aliphatic carbocycles. The molecule has 0 unspecified atom stereocenters. The van der Waals surface area contributed by atoms with Gasteiger partial charge in [0, 0.05) is 24.0 Å². The second-order valence-electron chi connectivity index (χ2n) is 7.57. The standard InChI is InChI=1S/C18H31FO2/c1-3-20-14-5-9-17(10-6-14)13-18(16(17)19)11-7-15(8-12-18)21-4-2/h14-16H,3-13H2,1-2H3. The van der Waals surface area contributed by atoms with Crippen LogP contribution in [0.5, 0.6) is 0 Å². The fourth-order valence-corrected chi connectivity index (χ4v) is 5.40. The van der Waals surface area contributed by atoms with Crippen LogP contribution in [0.15, 0.2) is 0 Å². The Morgan fingerprint density at radius 2 is 1.19 bits per heavy atom. The monoisotopic (exact) mass is 298 g/mol. The molecule has 0 heterocycles. The van der Waals surface area contributed by atoms with Crippen LogP contribution in [-0.2, 0) is 9.47 Å². The lowest BCUT2D eigenvalue weighted by Gasteiger charge is -2.63. The van der Waals surface area contributed by atoms with Crippen molar-refractivity contribution in [3.05, 3.63) is 0 Å². The van der Waals surface area contributed by atoms with Crippen molar-refractivity contribution >= 4 is 0 Å². The Morgan fingerprint density at radius 3 is 1.48 bits per heavy atom. The molecule has 0 aromatic heterocycles. The van der Waals surface area contributed by atoms with E-state index in [4.69, 9.17) is 9.47 Å². The van der Waals surface area contributed by atoms with Gasteiger partial charge in [0.05, 0.1) is 12.2 Å². The van der Waals surface area contributed by atoms with Gasteiger partial charge < -0.3 is 9.47 Å². The number of hydrogen-bond acceptors (Lipinski definition) is 2. The molecule has 0 aliphatic heterocycles. The lowest BCUT2D eigenvalue weighted by Crippen LogP contribution is -2.61. The third kappa shape index (κ3) is 2.76. The molecule has 3 saturated carbocycles. The summed E-state index contributed by atoms with van der Waals surface area (Å²) < 4.78 is 26.6. The van der Waals surface area contributed by atoms with Gasteiger partial charge in [-0.1, -0.05) is 0 Å². The first-order valence-corrected chi connectivity index (χ1v) is 9.01. The van der Waals surface area contributed by atoms with Crippen molar-refractivity contribution in [1.82, 2.24) is 0 Å². The second-order valence-corrected chi connectivity index (χ2v) is 7.57. The highest BCUT2D eigenvalue weighted by molar-refractivity contribution is 5.13. The van der Waals surface area contributed by atoms with Crippen molar-refractivity contribution in [2.75, 3.05) is 13.2 Å². The summed E-state index contributed by atoms with van der Waals surface area (Å²) in [5.74, 6) is 0. The van der Waals surface area contributed by atoms with Gasteiger partial charge in [0.2, 0.25) is 0 Å². The first-order valence-electron chi connectivity index (χ1n) is 9.01. The molecular formula is C18H31FO2. The van der Waals surface area contributed by atoms with Gasteiger partial charge in [0.25, 0.3) is 0 Å². The summed E-state index contributed by atoms with van der Waals surface area (Å²) in [4.78, 5) is 0. The third-order valence-electron chi connectivity index (χ3n) is 6.44. The third-order valence-corrected chi connectivity index (χ3v) is 6.44. The maximum atomic E-state index is 15.1. The van der Waals surface area contributed by atoms with Gasteiger partial charge >= 0.3 is 0 Å². The van der Waals surface area contributed by atoms with E-state index in [0.29, 0.717) is 12.2 Å². The highest BCUT2D eigenvalue weighted by atomic mass is 19.1. The van der Waals surface area contributed by atoms with Crippen LogP contribution in [0.2, 0.25) is 0 Å². The predicted molar refractivity (Wildman–Crippen MR) is 82.1 cm³/mol. The van der Waals surface area contributed by atoms with Gasteiger partial charge in [-0.3, -0.25) is 0 Å². The van der Waals surface area contributed by atoms with Crippen molar-refractivity contribution in [1.29, 1.82) is 0 Å². The Balaban J connectivity index is 1.53. The van der Waals surface area contributed by atoms with Gasteiger partial charge in [-0.25, -0.2) is 4.39 Å². The normalized spacial score (nSPS) is 46.7. The van der Waals surface area contributed by atoms with E-state index < -0.39 is 6.17 Å². The first kappa shape index (κ1) is 15.7. The van der Waals surface area contributed by atoms with Crippen molar-refractivity contribution < 1.29 is 13.9 Å². The molecule has 3 heteroatoms. The van der Waals surface area contributed by atoms with Crippen molar-refractivity contribution in [3.63, 3.8) is 0 Å². The van der Waals surface area contributed by atoms with Crippen LogP contribution < -0.4 is 0 Å². The van der Waals surface area contributed by atoms with E-state index in [1.807, 2.05) is 0 Å². The van der Waals surface area contributed by atoms with Crippen LogP contribution >= 0.6 is 0 Å². The Labute approximate surface area is 128 Å². The SMILES string of the molecule is CCOC1CCC2(CC1)CC1(CCC(OCC)CC1)C2F. The lowest BCUT2D eigenvalue weighted by atomic mass is 9.43. The predicted octanol–water partition coefficient (Wildman–Crippen LogP) is 4.66. The number of alkyl halides is 1. The highest BCUT2D eigenvalue weighted by Crippen LogP contribution is 2.67. The van der Waals surface area contributed by atoms with Gasteiger partial charge in [-0.15, -0.1) is 0 Å². The fraction of sp³-hybridized carbons (Fsp3) is 1.00. The van der Waals surface area contributed by atoms with Crippen molar-refractivity contribution in [2.24, 2.45) is 10.8 Å². The summed E-state index contributed by atoms with van der Waals surface area (Å²) in [5.41, 5.74) is 0.0120. The Hall–Kier alpha value is -0.150. The van der Waals surface area contributed by atoms with E-state index in [9.17, 15) is 0 Å². The van der Waals surface area contributed by atoms with Crippen LogP contribution in [-0.4, -0.2) is 31.6 Å². The summed E-state index contributed by atoms with van der Waals surface area (Å²) >= 11 is 0. The van der Waals surface area contributed by atoms with Crippen LogP contribution in [0.3, 0.4) is 0 Å². The van der Waals surface area contributed by atoms with Crippen molar-refractivity contribution in [3.8, 4) is 0 Å². The largest absolute Gasteiger partial charge is 0.379 e. The molecule has 3 aliphatic rings. The zero-order valence-corrected chi connectivity index (χ0v) is 13.7. The van der Waals surface area contributed by atoms with E-state index in [1.54, 1.807) is 0 Å². The summed E-state index contributed by atoms with van der Waals surface area (Å²) in [7, 11) is 0. The van der Waals surface area contributed by atoms with Crippen LogP contribution in [0, 0.1) is 10.8 Å². The number of halogens is 1. The van der Waals surface area contributed by atoms with E-state index in [0.717, 1.165) is 71.0 Å². The van der Waals surface area contributed by atoms with Crippen LogP contribution in [0.4, 0.5) is 4.39 Å². The topological polar surface area (TPSA) is 18.5 Å². The number of rotatable bonds is 4. The second kappa shape index (κ2) is 6.16. The number of hydrogen-bond donors (Lipinski definition) is 0. The molecule has 3 fully saturated rings. The molecule has 0 amide bonds. The smallest absolute Gasteiger partial charge is 0.111 e. The molecule has 0 atom stereocenters. The molecule has 0 aromatic carbocycles. The molecule has 0 radical (unpaired) electrons. The average Bonchev–Trinajstić information content (AvgIpc) is 2.51. The van der Waals surface area contributed by atoms with Crippen LogP contribution in [0.1, 0.15) is 71.6 Å². The van der Waals surface area contributed by atoms with E-state index >= 15 is 4.39 Å². The molecule has 3 rings (SSSR count). The van der Waals surface area contributed by atoms with Crippen LogP contribution in [0.25, 0.3) is 0 Å². The Bertz CT molecular complexity index is 309. The minimum atomic E-state index is -0.574. The van der Waals surface area contributed by atoms with Gasteiger partial charge in [0.1, 0.15) is 6.17 Å². The highest BCUT2D eigenvalue weighted by Gasteiger charge is 2.64. The first-order chi connectivity index (χ1) is 10.1. The molecule has 21 heavy (non-hydrogen) atoms. The summed E-state index contributed by atoms with van der Waals surface area (Å²) in [6.45, 7) is 5.69. The Kier molecular flexibility index (Phi) is 4.61. The van der Waals surface area contributed by atoms with Crippen molar-refractivity contribution in [2.45, 2.75) is 90.0 Å². The van der Waals surface area contributed by atoms with Gasteiger partial charge in [0.15, 0.2) is 0 Å². The van der Waals surface area contributed by atoms with E-state index in [-0.39, 0.29) is 10.8 Å². The molecule has 122 valence electrons. The Morgan fingerprint density at radius 1 is 0.810 bits per heavy atom. The lowest BCUT2D eigenvalue weighted by molar-refractivity contribution is -0.196. The molecule has 2 spiro atoms. The molecule has 0 aromatic rings. The maximum Gasteiger partial charge on any atom is 0.111 e. The van der Waals surface area contributed by atoms with Gasteiger partial charge in [-0.2, -0.15) is 0 Å². The van der Waals surface area contributed by atoms with E-state index in [1.165, 1.54) is 0 Å². The minimum Gasteiger partial charge on any atom is -0.379 e. The molecule has 0 saturated heterocycles. The molecule has 2 nitrogen and oxygen atoms in total. The van der Waals surface area contributed by atoms with E-state index in [2.05, 4.69) is 13.8 Å². The minimum absolute atomic E-state index is 0.00600. The molecule has 0 bridgehead atoms. The number of ether oxygens (including phenoxy) is 2. The summed E-state index contributed by atoms with van der Waals surface area (Å²) in [5, 5.41) is 0. The summed E-state index contributed by atoms with van der Waals surface area (Å²) in [6.07, 6.45) is 9.72. The molecule has 0 N–H and O–H groups in total. The fourth-order valence-electron chi connectivity index (χ4n) is 5.40.